The molecule has 0 saturated heterocycles. The smallest absolute Gasteiger partial charge is 0.324 e. The van der Waals surface area contributed by atoms with Crippen molar-refractivity contribution in [3.05, 3.63) is 181 Å². The number of pyridine rings is 2. The number of aryl methyl sites for hydroxylation is 1. The number of rotatable bonds is 6. The minimum absolute atomic E-state index is 0. The van der Waals surface area contributed by atoms with Crippen molar-refractivity contribution in [2.45, 2.75) is 87.5 Å². The molecule has 8 rings (SSSR count). The van der Waals surface area contributed by atoms with Gasteiger partial charge in [0.2, 0.25) is 0 Å². The summed E-state index contributed by atoms with van der Waals surface area (Å²) in [6.45, 7) is 19.6. The van der Waals surface area contributed by atoms with Crippen LogP contribution in [0.3, 0.4) is 0 Å². The van der Waals surface area contributed by atoms with E-state index in [2.05, 4.69) is 159 Å². The van der Waals surface area contributed by atoms with Crippen molar-refractivity contribution >= 4 is 54.7 Å². The molecule has 4 N–H and O–H groups in total. The molecule has 0 aliphatic carbocycles. The zero-order valence-electron chi connectivity index (χ0n) is 39.6. The number of hydrogen-bond acceptors (Lipinski definition) is 4. The van der Waals surface area contributed by atoms with Crippen LogP contribution in [0.4, 0.5) is 0 Å². The summed E-state index contributed by atoms with van der Waals surface area (Å²) in [7, 11) is 0. The van der Waals surface area contributed by atoms with Crippen molar-refractivity contribution < 1.29 is 60.0 Å². The summed E-state index contributed by atoms with van der Waals surface area (Å²) in [4.78, 5) is 27.3. The largest absolute Gasteiger partial charge is 0.512 e. The average molecular weight is 1240 g/mol. The molecule has 2 radical (unpaired) electrons. The number of carbonyl (C=O) groups excluding carboxylic acids is 2. The molecule has 2 aromatic heterocycles. The van der Waals surface area contributed by atoms with E-state index in [1.165, 1.54) is 73.3 Å². The van der Waals surface area contributed by atoms with Crippen LogP contribution in [0.5, 0.6) is 0 Å². The number of allylic oxidation sites excluding steroid dienone is 4. The van der Waals surface area contributed by atoms with Gasteiger partial charge in [0, 0.05) is 59.0 Å². The van der Waals surface area contributed by atoms with Gasteiger partial charge in [-0.1, -0.05) is 114 Å². The van der Waals surface area contributed by atoms with Crippen LogP contribution < -0.4 is 0 Å². The third-order valence-electron chi connectivity index (χ3n) is 10.6. The van der Waals surface area contributed by atoms with Crippen molar-refractivity contribution in [3.63, 3.8) is 0 Å². The van der Waals surface area contributed by atoms with E-state index in [0.29, 0.717) is 12.8 Å². The second kappa shape index (κ2) is 24.8. The van der Waals surface area contributed by atoms with E-state index >= 15 is 0 Å². The zero-order chi connectivity index (χ0) is 46.6. The molecule has 0 amide bonds. The monoisotopic (exact) mass is 1240 g/mol. The molecule has 0 unspecified atom stereocenters. The summed E-state index contributed by atoms with van der Waals surface area (Å²) in [6.07, 6.45) is 7.69. The minimum Gasteiger partial charge on any atom is -0.512 e. The third kappa shape index (κ3) is 14.7. The van der Waals surface area contributed by atoms with E-state index in [-0.39, 0.29) is 74.1 Å². The van der Waals surface area contributed by atoms with Gasteiger partial charge in [-0.2, -0.15) is 0 Å². The van der Waals surface area contributed by atoms with Crippen molar-refractivity contribution in [1.29, 1.82) is 0 Å². The SMILES string of the molecule is CC(C)(C)c1cc[c-]c(-c2nccc3c2ccc2ccccc23)c1.CC(O)=CC(=[OH+])C(C)(C)C.CCC(=[OH+])C=C(O)CC.Cc1cc[c-]c(-c2nccc3c2ccc2ccccc23)c1.[Ir].[Ir]. The number of benzene rings is 6. The molecular formula is C58H62Ir2N2O4. The molecule has 8 heteroatoms. The Morgan fingerprint density at radius 1 is 0.591 bits per heavy atom. The predicted octanol–water partition coefficient (Wildman–Crippen LogP) is 15.1. The summed E-state index contributed by atoms with van der Waals surface area (Å²) < 4.78 is 0. The normalized spacial score (nSPS) is 11.5. The van der Waals surface area contributed by atoms with Gasteiger partial charge in [0.15, 0.2) is 0 Å². The maximum absolute atomic E-state index is 9.24. The second-order valence-corrected chi connectivity index (χ2v) is 17.9. The van der Waals surface area contributed by atoms with Gasteiger partial charge in [-0.15, -0.1) is 70.8 Å². The number of nitrogens with zero attached hydrogens (tertiary/aromatic N) is 2. The first kappa shape index (κ1) is 54.7. The van der Waals surface area contributed by atoms with E-state index < -0.39 is 0 Å². The molecular weight excluding hydrogens is 1170 g/mol. The molecule has 8 aromatic rings. The van der Waals surface area contributed by atoms with Gasteiger partial charge in [0.25, 0.3) is 0 Å². The first-order valence-corrected chi connectivity index (χ1v) is 21.8. The van der Waals surface area contributed by atoms with E-state index in [1.54, 1.807) is 0 Å². The molecule has 6 nitrogen and oxygen atoms in total. The summed E-state index contributed by atoms with van der Waals surface area (Å²) in [5, 5.41) is 27.5. The Morgan fingerprint density at radius 2 is 1.08 bits per heavy atom. The fraction of sp³-hybridized carbons (Fsp3) is 0.241. The third-order valence-corrected chi connectivity index (χ3v) is 10.6. The standard InChI is InChI=1S/C23H20N.C20H14N.C8H14O2.C7H12O2.2Ir/c1-23(2,3)18-9-6-8-17(15-18)22-21-12-11-16-7-4-5-10-19(16)20(21)13-14-24-22;1-14-5-4-7-16(13-14)20-19-10-9-15-6-2-3-8-17(15)18(19)11-12-21-20;1-6(9)5-7(10)8(2,3)4;1-3-6(8)5-7(9)4-2;;/h4-7,9-15H,1-3H3;2-6,8-13H,1H3;5,9H,1-4H3;5,8H,3-4H2,1-2H3;;/q2*-1;;;;/p+2. The van der Waals surface area contributed by atoms with Crippen LogP contribution in [0.1, 0.15) is 86.3 Å². The van der Waals surface area contributed by atoms with Crippen LogP contribution in [-0.2, 0) is 45.6 Å². The van der Waals surface area contributed by atoms with Crippen LogP contribution in [0.15, 0.2) is 157 Å². The van der Waals surface area contributed by atoms with Gasteiger partial charge in [-0.05, 0) is 99.7 Å². The Kier molecular flexibility index (Phi) is 20.5. The van der Waals surface area contributed by atoms with Crippen molar-refractivity contribution in [2.75, 3.05) is 0 Å². The van der Waals surface area contributed by atoms with E-state index in [0.717, 1.165) is 22.5 Å². The van der Waals surface area contributed by atoms with E-state index in [1.807, 2.05) is 59.1 Å². The molecule has 0 saturated carbocycles. The number of fused-ring (bicyclic) bond motifs is 6. The van der Waals surface area contributed by atoms with Gasteiger partial charge in [0.1, 0.15) is 5.76 Å². The van der Waals surface area contributed by atoms with Crippen LogP contribution >= 0.6 is 0 Å². The van der Waals surface area contributed by atoms with Crippen molar-refractivity contribution in [1.82, 2.24) is 9.97 Å². The average Bonchev–Trinajstić information content (AvgIpc) is 3.28. The zero-order valence-corrected chi connectivity index (χ0v) is 44.4. The topological polar surface area (TPSA) is 109 Å². The summed E-state index contributed by atoms with van der Waals surface area (Å²) in [5.41, 5.74) is 6.48. The Labute approximate surface area is 418 Å². The van der Waals surface area contributed by atoms with E-state index in [4.69, 9.17) is 15.0 Å². The number of hydrogen-bond donors (Lipinski definition) is 2. The summed E-state index contributed by atoms with van der Waals surface area (Å²) >= 11 is 0. The Morgan fingerprint density at radius 3 is 1.50 bits per heavy atom. The maximum Gasteiger partial charge on any atom is 0.324 e. The van der Waals surface area contributed by atoms with Crippen molar-refractivity contribution in [2.24, 2.45) is 5.41 Å². The van der Waals surface area contributed by atoms with Crippen LogP contribution in [0, 0.1) is 24.5 Å². The summed E-state index contributed by atoms with van der Waals surface area (Å²) in [5.74, 6) is 0.795. The molecule has 6 aromatic carbocycles. The van der Waals surface area contributed by atoms with Gasteiger partial charge in [0.05, 0.1) is 29.7 Å². The quantitative estimate of drug-likeness (QED) is 0.0568. The second-order valence-electron chi connectivity index (χ2n) is 17.9. The van der Waals surface area contributed by atoms with Gasteiger partial charge < -0.3 is 20.2 Å². The molecule has 0 spiro atoms. The molecule has 346 valence electrons. The first-order valence-electron chi connectivity index (χ1n) is 21.8. The van der Waals surface area contributed by atoms with Gasteiger partial charge in [-0.25, -0.2) is 0 Å². The molecule has 0 fully saturated rings. The predicted molar refractivity (Wildman–Crippen MR) is 271 cm³/mol. The minimum atomic E-state index is -0.274. The Balaban J connectivity index is 0.000000251. The Hall–Kier alpha value is -5.62. The van der Waals surface area contributed by atoms with Crippen LogP contribution in [0.2, 0.25) is 0 Å². The van der Waals surface area contributed by atoms with Gasteiger partial charge in [-0.3, -0.25) is 9.59 Å². The maximum atomic E-state index is 9.24. The van der Waals surface area contributed by atoms with Gasteiger partial charge >= 0.3 is 11.6 Å². The fourth-order valence-corrected chi connectivity index (χ4v) is 6.90. The number of aliphatic hydroxyl groups is 2. The molecule has 2 heterocycles. The Bertz CT molecular complexity index is 2970. The molecule has 0 aliphatic rings. The molecule has 0 atom stereocenters. The number of aliphatic hydroxyl groups excluding tert-OH is 2. The fourth-order valence-electron chi connectivity index (χ4n) is 6.90. The summed E-state index contributed by atoms with van der Waals surface area (Å²) in [6, 6.07) is 49.1. The van der Waals surface area contributed by atoms with Crippen LogP contribution in [-0.4, -0.2) is 41.3 Å². The number of aromatic nitrogens is 2. The van der Waals surface area contributed by atoms with Crippen LogP contribution in [0.25, 0.3) is 65.6 Å². The van der Waals surface area contributed by atoms with E-state index in [9.17, 15) is 4.79 Å². The first-order chi connectivity index (χ1) is 30.4. The molecule has 0 aliphatic heterocycles. The van der Waals surface area contributed by atoms with Crippen molar-refractivity contribution in [3.8, 4) is 22.5 Å². The number of ketones is 2. The molecule has 66 heavy (non-hydrogen) atoms. The molecule has 0 bridgehead atoms.